The Morgan fingerprint density at radius 1 is 1.33 bits per heavy atom. The van der Waals surface area contributed by atoms with E-state index in [0.717, 1.165) is 30.6 Å². The van der Waals surface area contributed by atoms with Crippen molar-refractivity contribution in [1.82, 2.24) is 5.32 Å². The zero-order valence-electron chi connectivity index (χ0n) is 11.2. The van der Waals surface area contributed by atoms with Crippen LogP contribution in [-0.2, 0) is 12.8 Å². The van der Waals surface area contributed by atoms with Gasteiger partial charge in [0.2, 0.25) is 0 Å². The van der Waals surface area contributed by atoms with Gasteiger partial charge in [0.1, 0.15) is 5.75 Å². The largest absolute Gasteiger partial charge is 0.493 e. The van der Waals surface area contributed by atoms with Crippen molar-refractivity contribution in [2.45, 2.75) is 32.6 Å². The van der Waals surface area contributed by atoms with Crippen LogP contribution in [-0.4, -0.2) is 19.7 Å². The molecule has 0 aliphatic carbocycles. The van der Waals surface area contributed by atoms with E-state index in [9.17, 15) is 0 Å². The third kappa shape index (κ3) is 2.69. The van der Waals surface area contributed by atoms with Crippen LogP contribution in [0.3, 0.4) is 0 Å². The van der Waals surface area contributed by atoms with Gasteiger partial charge in [-0.1, -0.05) is 19.1 Å². The Hall–Kier alpha value is -1.02. The molecule has 0 radical (unpaired) electrons. The normalized spacial score (nSPS) is 26.7. The molecule has 98 valence electrons. The summed E-state index contributed by atoms with van der Waals surface area (Å²) in [6.07, 6.45) is 5.01. The molecule has 2 heterocycles. The minimum atomic E-state index is 0.845. The first-order valence-corrected chi connectivity index (χ1v) is 7.26. The highest BCUT2D eigenvalue weighted by atomic mass is 16.5. The molecule has 2 aliphatic heterocycles. The molecule has 2 nitrogen and oxygen atoms in total. The quantitative estimate of drug-likeness (QED) is 0.884. The van der Waals surface area contributed by atoms with Crippen molar-refractivity contribution >= 4 is 0 Å². The number of rotatable bonds is 3. The monoisotopic (exact) mass is 245 g/mol. The summed E-state index contributed by atoms with van der Waals surface area (Å²) < 4.78 is 5.55. The molecule has 2 atom stereocenters. The van der Waals surface area contributed by atoms with Gasteiger partial charge in [0.05, 0.1) is 6.61 Å². The van der Waals surface area contributed by atoms with Gasteiger partial charge < -0.3 is 10.1 Å². The van der Waals surface area contributed by atoms with Crippen LogP contribution in [0, 0.1) is 11.8 Å². The number of piperidine rings is 1. The molecule has 2 unspecified atom stereocenters. The van der Waals surface area contributed by atoms with Crippen molar-refractivity contribution in [3.05, 3.63) is 29.3 Å². The van der Waals surface area contributed by atoms with Crippen molar-refractivity contribution in [1.29, 1.82) is 0 Å². The van der Waals surface area contributed by atoms with E-state index < -0.39 is 0 Å². The molecule has 0 amide bonds. The van der Waals surface area contributed by atoms with Gasteiger partial charge in [-0.2, -0.15) is 0 Å². The summed E-state index contributed by atoms with van der Waals surface area (Å²) in [7, 11) is 0. The summed E-state index contributed by atoms with van der Waals surface area (Å²) in [5.41, 5.74) is 2.89. The van der Waals surface area contributed by atoms with E-state index in [2.05, 4.69) is 30.4 Å². The third-order valence-corrected chi connectivity index (χ3v) is 4.26. The SMILES string of the molecule is CC1CNCC(CCc2ccc3c(c2)CCO3)C1. The van der Waals surface area contributed by atoms with E-state index >= 15 is 0 Å². The summed E-state index contributed by atoms with van der Waals surface area (Å²) in [5.74, 6) is 2.81. The van der Waals surface area contributed by atoms with Crippen molar-refractivity contribution in [2.24, 2.45) is 11.8 Å². The first kappa shape index (κ1) is 12.0. The number of hydrogen-bond acceptors (Lipinski definition) is 2. The van der Waals surface area contributed by atoms with Gasteiger partial charge in [-0.3, -0.25) is 0 Å². The summed E-state index contributed by atoms with van der Waals surface area (Å²) in [6, 6.07) is 6.74. The average molecular weight is 245 g/mol. The minimum absolute atomic E-state index is 0.845. The molecular formula is C16H23NO. The lowest BCUT2D eigenvalue weighted by atomic mass is 9.87. The highest BCUT2D eigenvalue weighted by molar-refractivity contribution is 5.39. The molecule has 1 saturated heterocycles. The highest BCUT2D eigenvalue weighted by Gasteiger charge is 2.18. The van der Waals surface area contributed by atoms with Crippen LogP contribution in [0.15, 0.2) is 18.2 Å². The standard InChI is InChI=1S/C16H23NO/c1-12-8-14(11-17-10-12)3-2-13-4-5-16-15(9-13)6-7-18-16/h4-5,9,12,14,17H,2-3,6-8,10-11H2,1H3. The zero-order valence-corrected chi connectivity index (χ0v) is 11.2. The van der Waals surface area contributed by atoms with Crippen LogP contribution >= 0.6 is 0 Å². The molecule has 1 aromatic rings. The number of benzene rings is 1. The molecule has 3 rings (SSSR count). The van der Waals surface area contributed by atoms with Crippen LogP contribution in [0.2, 0.25) is 0 Å². The Morgan fingerprint density at radius 2 is 2.28 bits per heavy atom. The second-order valence-corrected chi connectivity index (χ2v) is 5.94. The summed E-state index contributed by atoms with van der Waals surface area (Å²) >= 11 is 0. The number of ether oxygens (including phenoxy) is 1. The molecule has 1 N–H and O–H groups in total. The Morgan fingerprint density at radius 3 is 3.17 bits per heavy atom. The van der Waals surface area contributed by atoms with Crippen molar-refractivity contribution < 1.29 is 4.74 Å². The molecule has 0 spiro atoms. The fourth-order valence-electron chi connectivity index (χ4n) is 3.26. The number of aryl methyl sites for hydroxylation is 1. The van der Waals surface area contributed by atoms with Gasteiger partial charge >= 0.3 is 0 Å². The van der Waals surface area contributed by atoms with Crippen LogP contribution in [0.4, 0.5) is 0 Å². The maximum Gasteiger partial charge on any atom is 0.122 e. The van der Waals surface area contributed by atoms with Crippen LogP contribution < -0.4 is 10.1 Å². The molecule has 0 aromatic heterocycles. The lowest BCUT2D eigenvalue weighted by molar-refractivity contribution is 0.289. The maximum atomic E-state index is 5.55. The maximum absolute atomic E-state index is 5.55. The summed E-state index contributed by atoms with van der Waals surface area (Å²) in [4.78, 5) is 0. The molecule has 1 fully saturated rings. The number of nitrogens with one attached hydrogen (secondary N) is 1. The van der Waals surface area contributed by atoms with E-state index in [1.165, 1.54) is 43.5 Å². The van der Waals surface area contributed by atoms with Crippen molar-refractivity contribution in [3.8, 4) is 5.75 Å². The van der Waals surface area contributed by atoms with Crippen LogP contribution in [0.5, 0.6) is 5.75 Å². The Kier molecular flexibility index (Phi) is 3.55. The van der Waals surface area contributed by atoms with Gasteiger partial charge in [-0.15, -0.1) is 0 Å². The molecular weight excluding hydrogens is 222 g/mol. The fourth-order valence-corrected chi connectivity index (χ4v) is 3.26. The number of fused-ring (bicyclic) bond motifs is 1. The zero-order chi connectivity index (χ0) is 12.4. The second kappa shape index (κ2) is 5.31. The van der Waals surface area contributed by atoms with Crippen LogP contribution in [0.1, 0.15) is 30.9 Å². The topological polar surface area (TPSA) is 21.3 Å². The minimum Gasteiger partial charge on any atom is -0.493 e. The summed E-state index contributed by atoms with van der Waals surface area (Å²) in [5, 5.41) is 3.54. The van der Waals surface area contributed by atoms with Gasteiger partial charge in [0.15, 0.2) is 0 Å². The Labute approximate surface area is 110 Å². The molecule has 2 heteroatoms. The van der Waals surface area contributed by atoms with Gasteiger partial charge in [-0.25, -0.2) is 0 Å². The first-order valence-electron chi connectivity index (χ1n) is 7.26. The smallest absolute Gasteiger partial charge is 0.122 e. The van der Waals surface area contributed by atoms with Gasteiger partial charge in [0.25, 0.3) is 0 Å². The highest BCUT2D eigenvalue weighted by Crippen LogP contribution is 2.27. The fraction of sp³-hybridized carbons (Fsp3) is 0.625. The first-order chi connectivity index (χ1) is 8.81. The predicted molar refractivity (Wildman–Crippen MR) is 74.1 cm³/mol. The van der Waals surface area contributed by atoms with E-state index in [1.807, 2.05) is 0 Å². The van der Waals surface area contributed by atoms with E-state index in [4.69, 9.17) is 4.74 Å². The Balaban J connectivity index is 1.56. The molecule has 0 bridgehead atoms. The van der Waals surface area contributed by atoms with Crippen LogP contribution in [0.25, 0.3) is 0 Å². The summed E-state index contributed by atoms with van der Waals surface area (Å²) in [6.45, 7) is 5.62. The predicted octanol–water partition coefficient (Wildman–Crippen LogP) is 2.80. The average Bonchev–Trinajstić information content (AvgIpc) is 2.84. The molecule has 1 aromatic carbocycles. The molecule has 18 heavy (non-hydrogen) atoms. The van der Waals surface area contributed by atoms with E-state index in [-0.39, 0.29) is 0 Å². The molecule has 2 aliphatic rings. The van der Waals surface area contributed by atoms with Gasteiger partial charge in [-0.05, 0) is 61.4 Å². The molecule has 0 saturated carbocycles. The third-order valence-electron chi connectivity index (χ3n) is 4.26. The second-order valence-electron chi connectivity index (χ2n) is 5.94. The lowest BCUT2D eigenvalue weighted by Gasteiger charge is -2.27. The van der Waals surface area contributed by atoms with E-state index in [0.29, 0.717) is 0 Å². The van der Waals surface area contributed by atoms with Crippen molar-refractivity contribution in [3.63, 3.8) is 0 Å². The Bertz CT molecular complexity index is 416. The van der Waals surface area contributed by atoms with Crippen molar-refractivity contribution in [2.75, 3.05) is 19.7 Å². The van der Waals surface area contributed by atoms with E-state index in [1.54, 1.807) is 0 Å². The lowest BCUT2D eigenvalue weighted by Crippen LogP contribution is -2.35. The van der Waals surface area contributed by atoms with Gasteiger partial charge in [0, 0.05) is 6.42 Å². The number of hydrogen-bond donors (Lipinski definition) is 1.